The minimum absolute atomic E-state index is 0.0406. The Kier molecular flexibility index (Phi) is 19.1. The first-order valence-electron chi connectivity index (χ1n) is 24.1. The van der Waals surface area contributed by atoms with E-state index in [-0.39, 0.29) is 5.41 Å². The van der Waals surface area contributed by atoms with E-state index in [4.69, 9.17) is 0 Å². The molecule has 7 aromatic rings. The molecule has 0 saturated carbocycles. The number of hydrogen-bond donors (Lipinski definition) is 1. The van der Waals surface area contributed by atoms with Gasteiger partial charge in [-0.3, -0.25) is 0 Å². The number of rotatable bonds is 5. The zero-order valence-electron chi connectivity index (χ0n) is 42.2. The van der Waals surface area contributed by atoms with Gasteiger partial charge >= 0.3 is 0 Å². The van der Waals surface area contributed by atoms with Gasteiger partial charge in [0.1, 0.15) is 0 Å². The molecule has 10 rings (SSSR count). The van der Waals surface area contributed by atoms with Crippen LogP contribution >= 0.6 is 11.3 Å². The SMILES string of the molecule is C1=CCCC=C1.C=C/C(CC)=c1\c(=C)sc2ccccc12.C=Cc1c(C)cc2c(c1C=C)-c1ccc(C)cc1C2(C)C.CC(C)C.Cc1cccc(C2CN2)c1.Cc1cccc2ccccc12. The predicted molar refractivity (Wildman–Crippen MR) is 303 cm³/mol. The van der Waals surface area contributed by atoms with Crippen molar-refractivity contribution in [1.82, 2.24) is 5.32 Å². The van der Waals surface area contributed by atoms with Crippen molar-refractivity contribution in [3.8, 4) is 11.1 Å². The molecule has 1 atom stereocenters. The van der Waals surface area contributed by atoms with Crippen molar-refractivity contribution in [3.63, 3.8) is 0 Å². The molecule has 6 aromatic carbocycles. The van der Waals surface area contributed by atoms with Crippen molar-refractivity contribution in [2.75, 3.05) is 6.54 Å². The molecule has 0 spiro atoms. The van der Waals surface area contributed by atoms with Crippen LogP contribution in [0.2, 0.25) is 0 Å². The number of thiophene rings is 1. The summed E-state index contributed by atoms with van der Waals surface area (Å²) in [6.07, 6.45) is 17.9. The fraction of sp³-hybridized carbons (Fsp3) is 0.262. The van der Waals surface area contributed by atoms with Crippen LogP contribution in [0.3, 0.4) is 0 Å². The lowest BCUT2D eigenvalue weighted by molar-refractivity contribution is 0.659. The van der Waals surface area contributed by atoms with Crippen LogP contribution < -0.4 is 15.1 Å². The van der Waals surface area contributed by atoms with Crippen LogP contribution in [-0.2, 0) is 5.41 Å². The highest BCUT2D eigenvalue weighted by molar-refractivity contribution is 7.17. The Balaban J connectivity index is 0.000000161. The maximum atomic E-state index is 4.12. The fourth-order valence-electron chi connectivity index (χ4n) is 8.65. The van der Waals surface area contributed by atoms with Gasteiger partial charge in [-0.05, 0) is 125 Å². The molecule has 1 nitrogen and oxygen atoms in total. The smallest absolute Gasteiger partial charge is 0.0447 e. The lowest BCUT2D eigenvalue weighted by atomic mass is 9.80. The van der Waals surface area contributed by atoms with Crippen molar-refractivity contribution in [1.29, 1.82) is 0 Å². The third-order valence-electron chi connectivity index (χ3n) is 12.2. The summed E-state index contributed by atoms with van der Waals surface area (Å²) in [5.74, 6) is 0.833. The van der Waals surface area contributed by atoms with Crippen LogP contribution in [0, 0.1) is 33.6 Å². The van der Waals surface area contributed by atoms with E-state index in [1.165, 1.54) is 106 Å². The van der Waals surface area contributed by atoms with Crippen LogP contribution in [0.4, 0.5) is 0 Å². The van der Waals surface area contributed by atoms with E-state index in [0.717, 1.165) is 23.4 Å². The molecule has 1 aromatic heterocycles. The van der Waals surface area contributed by atoms with Crippen LogP contribution in [-0.4, -0.2) is 6.54 Å². The highest BCUT2D eigenvalue weighted by Crippen LogP contribution is 2.51. The average molecular weight is 902 g/mol. The lowest BCUT2D eigenvalue weighted by Gasteiger charge is -2.23. The van der Waals surface area contributed by atoms with E-state index in [2.05, 4.69) is 240 Å². The molecule has 346 valence electrons. The second kappa shape index (κ2) is 24.6. The molecule has 2 aliphatic carbocycles. The molecule has 0 radical (unpaired) electrons. The van der Waals surface area contributed by atoms with Gasteiger partial charge in [-0.2, -0.15) is 0 Å². The third-order valence-corrected chi connectivity index (χ3v) is 13.2. The Morgan fingerprint density at radius 1 is 0.701 bits per heavy atom. The van der Waals surface area contributed by atoms with Gasteiger partial charge in [-0.25, -0.2) is 0 Å². The largest absolute Gasteiger partial charge is 0.307 e. The molecule has 1 fully saturated rings. The van der Waals surface area contributed by atoms with Gasteiger partial charge in [0.15, 0.2) is 0 Å². The maximum absolute atomic E-state index is 4.12. The average Bonchev–Trinajstić information content (AvgIpc) is 4.09. The second-order valence-corrected chi connectivity index (χ2v) is 20.0. The summed E-state index contributed by atoms with van der Waals surface area (Å²) in [5.41, 5.74) is 16.0. The van der Waals surface area contributed by atoms with E-state index in [9.17, 15) is 0 Å². The highest BCUT2D eigenvalue weighted by atomic mass is 32.1. The summed E-state index contributed by atoms with van der Waals surface area (Å²) < 4.78 is 2.46. The quantitative estimate of drug-likeness (QED) is 0.171. The Morgan fingerprint density at radius 2 is 1.30 bits per heavy atom. The van der Waals surface area contributed by atoms with Gasteiger partial charge in [-0.1, -0.05) is 231 Å². The summed E-state index contributed by atoms with van der Waals surface area (Å²) >= 11 is 1.76. The Morgan fingerprint density at radius 3 is 1.87 bits per heavy atom. The van der Waals surface area contributed by atoms with Crippen molar-refractivity contribution >= 4 is 56.5 Å². The summed E-state index contributed by atoms with van der Waals surface area (Å²) in [6.45, 7) is 39.1. The van der Waals surface area contributed by atoms with Gasteiger partial charge < -0.3 is 5.32 Å². The van der Waals surface area contributed by atoms with E-state index in [1.54, 1.807) is 11.3 Å². The highest BCUT2D eigenvalue weighted by Gasteiger charge is 2.37. The normalized spacial score (nSPS) is 14.7. The Bertz CT molecular complexity index is 2960. The molecule has 0 bridgehead atoms. The molecule has 3 aliphatic rings. The van der Waals surface area contributed by atoms with Crippen LogP contribution in [0.25, 0.3) is 56.3 Å². The first-order valence-corrected chi connectivity index (χ1v) is 24.9. The molecular weight excluding hydrogens is 827 g/mol. The first-order chi connectivity index (χ1) is 32.2. The topological polar surface area (TPSA) is 21.9 Å². The van der Waals surface area contributed by atoms with Crippen molar-refractivity contribution in [2.24, 2.45) is 5.92 Å². The summed E-state index contributed by atoms with van der Waals surface area (Å²) in [4.78, 5) is 0. The first kappa shape index (κ1) is 51.9. The molecule has 2 heterocycles. The molecule has 1 N–H and O–H groups in total. The molecule has 67 heavy (non-hydrogen) atoms. The summed E-state index contributed by atoms with van der Waals surface area (Å²) in [5, 5.41) is 8.56. The summed E-state index contributed by atoms with van der Waals surface area (Å²) in [7, 11) is 0. The van der Waals surface area contributed by atoms with Crippen molar-refractivity contribution < 1.29 is 0 Å². The van der Waals surface area contributed by atoms with E-state index < -0.39 is 0 Å². The predicted octanol–water partition coefficient (Wildman–Crippen LogP) is 17.3. The maximum Gasteiger partial charge on any atom is 0.0447 e. The number of hydrogen-bond acceptors (Lipinski definition) is 2. The number of benzene rings is 6. The molecule has 1 aliphatic heterocycles. The monoisotopic (exact) mass is 902 g/mol. The molecule has 0 amide bonds. The van der Waals surface area contributed by atoms with Gasteiger partial charge in [0.2, 0.25) is 0 Å². The van der Waals surface area contributed by atoms with Gasteiger partial charge in [0.25, 0.3) is 0 Å². The Hall–Kier alpha value is -6.06. The molecule has 2 heteroatoms. The summed E-state index contributed by atoms with van der Waals surface area (Å²) in [6, 6.07) is 41.7. The Labute approximate surface area is 408 Å². The minimum Gasteiger partial charge on any atom is -0.307 e. The lowest BCUT2D eigenvalue weighted by Crippen LogP contribution is -2.19. The van der Waals surface area contributed by atoms with Crippen LogP contribution in [0.5, 0.6) is 0 Å². The minimum atomic E-state index is 0.0406. The second-order valence-electron chi connectivity index (χ2n) is 18.8. The van der Waals surface area contributed by atoms with Crippen LogP contribution in [0.15, 0.2) is 165 Å². The van der Waals surface area contributed by atoms with Gasteiger partial charge in [-0.15, -0.1) is 11.3 Å². The van der Waals surface area contributed by atoms with E-state index in [1.807, 2.05) is 18.2 Å². The van der Waals surface area contributed by atoms with Gasteiger partial charge in [0.05, 0.1) is 0 Å². The number of nitrogens with one attached hydrogen (secondary N) is 1. The fourth-order valence-corrected chi connectivity index (χ4v) is 9.68. The van der Waals surface area contributed by atoms with E-state index in [0.29, 0.717) is 6.04 Å². The zero-order valence-corrected chi connectivity index (χ0v) is 43.0. The molecule has 1 unspecified atom stereocenters. The number of allylic oxidation sites excluding steroid dienone is 5. The zero-order chi connectivity index (χ0) is 48.7. The standard InChI is InChI=1S/C21H22.C14H14S.C11H10.C9H11N.C6H8.C4H10/c1-7-15-14(4)12-19-20(16(15)8-2)17-10-9-13(3)11-18(17)21(19,5)6;1-4-11(5-2)14-10(3)15-13-9-7-6-8-12(13)14;1-9-5-4-7-10-6-2-3-8-11(9)10;1-7-3-2-4-8(5-7)9-6-10-9;1-2-4-6-5-3-1;1-4(2)3/h7-12H,1-2H2,3-6H3;4,6-9H,1,3,5H2,2H3;2-8H,1H3;2-5,9-10H,6H2,1H3;1-4H,5-6H2;4H,1-3H3/b;14-11-;;;;. The third kappa shape index (κ3) is 13.5. The van der Waals surface area contributed by atoms with E-state index >= 15 is 0 Å². The van der Waals surface area contributed by atoms with Gasteiger partial charge in [0, 0.05) is 37.8 Å². The number of aryl methyl sites for hydroxylation is 4. The van der Waals surface area contributed by atoms with Crippen molar-refractivity contribution in [3.05, 3.63) is 225 Å². The molecule has 1 saturated heterocycles. The van der Waals surface area contributed by atoms with Crippen molar-refractivity contribution in [2.45, 2.75) is 100.0 Å². The molecular formula is C65H75NS. The van der Waals surface area contributed by atoms with Crippen LogP contribution in [0.1, 0.15) is 117 Å². The number of fused-ring (bicyclic) bond motifs is 5.